The summed E-state index contributed by atoms with van der Waals surface area (Å²) < 4.78 is 19.3. The minimum absolute atomic E-state index is 0. The Balaban J connectivity index is -0.000000146. The molecule has 0 bridgehead atoms. The molecule has 0 aliphatic rings. The smallest absolute Gasteiger partial charge is 0.872 e. The predicted molar refractivity (Wildman–Crippen MR) is 416 cm³/mol. The van der Waals surface area contributed by atoms with Crippen molar-refractivity contribution in [3.8, 4) is 23.0 Å². The molecular formula is C72H140Cd4N4O4Si8. The monoisotopic (exact) mass is 1800 g/mol. The first-order valence-electron chi connectivity index (χ1n) is 33.1. The van der Waals surface area contributed by atoms with Crippen molar-refractivity contribution in [3.05, 3.63) is 136 Å². The van der Waals surface area contributed by atoms with Crippen molar-refractivity contribution in [2.45, 2.75) is 315 Å². The van der Waals surface area contributed by atoms with Gasteiger partial charge < -0.3 is 39.0 Å². The molecule has 0 heterocycles. The molecule has 0 saturated heterocycles. The van der Waals surface area contributed by atoms with Gasteiger partial charge in [0, 0.05) is 0 Å². The van der Waals surface area contributed by atoms with Crippen LogP contribution in [0.25, 0.3) is 18.6 Å². The van der Waals surface area contributed by atoms with E-state index in [1.807, 2.05) is 72.8 Å². The molecule has 0 N–H and O–H groups in total. The number of hydrogen-bond acceptors (Lipinski definition) is 4. The second kappa shape index (κ2) is 49.0. The van der Waals surface area contributed by atoms with Crippen molar-refractivity contribution in [1.82, 2.24) is 0 Å². The Bertz CT molecular complexity index is 2050. The molecule has 0 unspecified atom stereocenters. The van der Waals surface area contributed by atoms with Crippen LogP contribution in [-0.2, 0) is 109 Å². The first-order chi connectivity index (χ1) is 39.0. The van der Waals surface area contributed by atoms with Crippen LogP contribution < -0.4 is 20.4 Å². The standard InChI is InChI=1S/4C12H18O.4C6H18NSi2.4Cd/c4*1-8(2)10-6-5-7-11(9(3)4)12(10)13;4*1-8(2,3)7-9(4,5)6;;;;/h4*5-9,13H,1-4H3;4*1-6H3;;;;/q;;;;4*-1;4*+2/p-4. The molecule has 4 aromatic carbocycles. The Morgan fingerprint density at radius 2 is 0.272 bits per heavy atom. The fraction of sp³-hybridized carbons (Fsp3) is 0.667. The molecule has 0 aliphatic heterocycles. The van der Waals surface area contributed by atoms with Crippen molar-refractivity contribution < 1.29 is 130 Å². The second-order valence-corrected chi connectivity index (χ2v) is 72.4. The van der Waals surface area contributed by atoms with Crippen LogP contribution in [0, 0.1) is 0 Å². The van der Waals surface area contributed by atoms with Gasteiger partial charge in [-0.25, -0.2) is 0 Å². The number of para-hydroxylation sites is 4. The summed E-state index contributed by atoms with van der Waals surface area (Å²) in [5, 5.41) is 47.4. The van der Waals surface area contributed by atoms with E-state index in [9.17, 15) is 20.4 Å². The quantitative estimate of drug-likeness (QED) is 0.103. The summed E-state index contributed by atoms with van der Waals surface area (Å²) in [4.78, 5) is 0. The number of nitrogens with zero attached hydrogens (tertiary/aromatic N) is 4. The molecule has 20 heteroatoms. The number of rotatable bonds is 16. The first-order valence-corrected chi connectivity index (χ1v) is 60.7. The van der Waals surface area contributed by atoms with Gasteiger partial charge in [-0.2, -0.15) is 0 Å². The molecule has 0 aliphatic carbocycles. The van der Waals surface area contributed by atoms with E-state index in [1.54, 1.807) is 0 Å². The van der Waals surface area contributed by atoms with Crippen molar-refractivity contribution >= 4 is 65.9 Å². The zero-order valence-electron chi connectivity index (χ0n) is 67.8. The summed E-state index contributed by atoms with van der Waals surface area (Å²) in [6, 6.07) is 23.3. The van der Waals surface area contributed by atoms with Crippen LogP contribution in [0.2, 0.25) is 157 Å². The van der Waals surface area contributed by atoms with Crippen molar-refractivity contribution in [2.75, 3.05) is 0 Å². The Labute approximate surface area is 661 Å². The number of benzene rings is 4. The summed E-state index contributed by atoms with van der Waals surface area (Å²) in [5.74, 6) is 3.52. The Kier molecular flexibility index (Phi) is 58.3. The minimum Gasteiger partial charge on any atom is -0.872 e. The molecule has 0 radical (unpaired) electrons. The normalized spacial score (nSPS) is 11.8. The van der Waals surface area contributed by atoms with Gasteiger partial charge in [-0.1, -0.05) is 451 Å². The van der Waals surface area contributed by atoms with Crippen LogP contribution in [0.15, 0.2) is 72.8 Å². The molecule has 0 atom stereocenters. The molecule has 512 valence electrons. The zero-order chi connectivity index (χ0) is 70.9. The van der Waals surface area contributed by atoms with Crippen LogP contribution in [0.1, 0.15) is 203 Å². The van der Waals surface area contributed by atoms with Crippen molar-refractivity contribution in [1.29, 1.82) is 0 Å². The summed E-state index contributed by atoms with van der Waals surface area (Å²) in [6.07, 6.45) is 0. The molecule has 0 spiro atoms. The molecule has 0 aromatic heterocycles. The first kappa shape index (κ1) is 109. The molecule has 0 amide bonds. The van der Waals surface area contributed by atoms with Crippen molar-refractivity contribution in [3.63, 3.8) is 0 Å². The van der Waals surface area contributed by atoms with Crippen LogP contribution in [0.5, 0.6) is 23.0 Å². The van der Waals surface area contributed by atoms with E-state index < -0.39 is 65.9 Å². The number of hydrogen-bond donors (Lipinski definition) is 0. The molecule has 4 aromatic rings. The van der Waals surface area contributed by atoms with Gasteiger partial charge >= 0.3 is 109 Å². The van der Waals surface area contributed by atoms with Gasteiger partial charge in [0.05, 0.1) is 0 Å². The van der Waals surface area contributed by atoms with Gasteiger partial charge in [0.15, 0.2) is 0 Å². The topological polar surface area (TPSA) is 149 Å². The fourth-order valence-corrected chi connectivity index (χ4v) is 42.2. The van der Waals surface area contributed by atoms with Gasteiger partial charge in [0.25, 0.3) is 0 Å². The minimum atomic E-state index is -1.11. The van der Waals surface area contributed by atoms with Gasteiger partial charge in [-0.05, 0) is 47.3 Å². The van der Waals surface area contributed by atoms with Gasteiger partial charge in [0.1, 0.15) is 0 Å². The third-order valence-electron chi connectivity index (χ3n) is 12.0. The van der Waals surface area contributed by atoms with E-state index in [0.29, 0.717) is 47.3 Å². The van der Waals surface area contributed by atoms with E-state index in [4.69, 9.17) is 18.6 Å². The van der Waals surface area contributed by atoms with E-state index in [-0.39, 0.29) is 132 Å². The average Bonchev–Trinajstić information content (AvgIpc) is 3.25. The largest absolute Gasteiger partial charge is 2.00 e. The molecule has 0 saturated carbocycles. The average molecular weight is 1800 g/mol. The third kappa shape index (κ3) is 58.0. The van der Waals surface area contributed by atoms with Crippen LogP contribution in [-0.4, -0.2) is 65.9 Å². The molecule has 4 rings (SSSR count). The van der Waals surface area contributed by atoms with Crippen LogP contribution in [0.4, 0.5) is 0 Å². The van der Waals surface area contributed by atoms with Crippen LogP contribution >= 0.6 is 0 Å². The summed E-state index contributed by atoms with van der Waals surface area (Å²) in [6.45, 7) is 88.0. The van der Waals surface area contributed by atoms with Gasteiger partial charge in [-0.3, -0.25) is 0 Å². The summed E-state index contributed by atoms with van der Waals surface area (Å²) in [5.41, 5.74) is 7.49. The van der Waals surface area contributed by atoms with Crippen LogP contribution in [0.3, 0.4) is 0 Å². The maximum Gasteiger partial charge on any atom is 2.00 e. The molecule has 0 fully saturated rings. The molecule has 92 heavy (non-hydrogen) atoms. The van der Waals surface area contributed by atoms with E-state index in [0.717, 1.165) is 44.5 Å². The van der Waals surface area contributed by atoms with Gasteiger partial charge in [-0.15, -0.1) is 23.0 Å². The third-order valence-corrected chi connectivity index (χ3v) is 33.4. The van der Waals surface area contributed by atoms with E-state index in [1.165, 1.54) is 0 Å². The van der Waals surface area contributed by atoms with E-state index >= 15 is 0 Å². The molecular weight excluding hydrogens is 1660 g/mol. The Morgan fingerprint density at radius 1 is 0.196 bits per heavy atom. The van der Waals surface area contributed by atoms with Gasteiger partial charge in [0.2, 0.25) is 0 Å². The maximum atomic E-state index is 11.9. The Morgan fingerprint density at radius 3 is 0.315 bits per heavy atom. The zero-order valence-corrected chi connectivity index (χ0v) is 91.9. The summed E-state index contributed by atoms with van der Waals surface area (Å²) >= 11 is 0. The van der Waals surface area contributed by atoms with E-state index in [2.05, 4.69) is 268 Å². The maximum absolute atomic E-state index is 11.9. The van der Waals surface area contributed by atoms with Crippen molar-refractivity contribution in [2.24, 2.45) is 0 Å². The Hall–Kier alpha value is 1.34. The predicted octanol–water partition coefficient (Wildman–Crippen LogP) is 24.1. The molecule has 8 nitrogen and oxygen atoms in total. The summed E-state index contributed by atoms with van der Waals surface area (Å²) in [7, 11) is -8.85. The SMILES string of the molecule is CC(C)c1cccc(C(C)C)c1[O-].CC(C)c1cccc(C(C)C)c1[O-].CC(C)c1cccc(C(C)C)c1[O-].CC(C)c1cccc(C(C)C)c1[O-].C[Si](C)(C)[N-][Si](C)(C)C.C[Si](C)(C)[N-][Si](C)(C)C.C[Si](C)(C)[N-][Si](C)(C)C.C[Si](C)(C)[N-][Si](C)(C)C.[Cd+2].[Cd+2].[Cd+2].[Cd+2]. The second-order valence-electron chi connectivity index (χ2n) is 34.1. The fourth-order valence-electron chi connectivity index (χ4n) is 9.96.